The highest BCUT2D eigenvalue weighted by atomic mass is 16.5. The van der Waals surface area contributed by atoms with Gasteiger partial charge in [0.15, 0.2) is 5.78 Å². The van der Waals surface area contributed by atoms with E-state index >= 15 is 0 Å². The molecule has 3 atom stereocenters. The van der Waals surface area contributed by atoms with Gasteiger partial charge in [0.25, 0.3) is 0 Å². The molecule has 0 amide bonds. The van der Waals surface area contributed by atoms with Crippen LogP contribution < -0.4 is 0 Å². The van der Waals surface area contributed by atoms with E-state index in [9.17, 15) is 19.5 Å². The second-order valence-electron chi connectivity index (χ2n) is 3.68. The van der Waals surface area contributed by atoms with Crippen LogP contribution in [0.3, 0.4) is 0 Å². The normalized spacial score (nSPS) is 29.7. The highest BCUT2D eigenvalue weighted by Gasteiger charge is 2.43. The lowest BCUT2D eigenvalue weighted by Gasteiger charge is -2.29. The van der Waals surface area contributed by atoms with E-state index in [1.807, 2.05) is 0 Å². The van der Waals surface area contributed by atoms with Crippen LogP contribution in [-0.2, 0) is 23.9 Å². The minimum absolute atomic E-state index is 0.0920. The van der Waals surface area contributed by atoms with Crippen LogP contribution >= 0.6 is 0 Å². The molecular formula is C10H14O6. The molecule has 1 aliphatic rings. The van der Waals surface area contributed by atoms with Crippen molar-refractivity contribution in [3.05, 3.63) is 0 Å². The van der Waals surface area contributed by atoms with Crippen molar-refractivity contribution in [2.75, 3.05) is 14.2 Å². The van der Waals surface area contributed by atoms with Gasteiger partial charge in [0.1, 0.15) is 6.10 Å². The number of carbonyl (C=O) groups excluding carboxylic acids is 3. The fourth-order valence-corrected chi connectivity index (χ4v) is 1.84. The third kappa shape index (κ3) is 2.38. The summed E-state index contributed by atoms with van der Waals surface area (Å²) in [5.41, 5.74) is 0. The van der Waals surface area contributed by atoms with Crippen molar-refractivity contribution in [3.63, 3.8) is 0 Å². The Labute approximate surface area is 92.5 Å². The van der Waals surface area contributed by atoms with Gasteiger partial charge in [-0.3, -0.25) is 14.4 Å². The van der Waals surface area contributed by atoms with Crippen molar-refractivity contribution in [3.8, 4) is 0 Å². The number of esters is 2. The fourth-order valence-electron chi connectivity index (χ4n) is 1.84. The van der Waals surface area contributed by atoms with Crippen molar-refractivity contribution in [2.24, 2.45) is 11.8 Å². The van der Waals surface area contributed by atoms with Crippen LogP contribution in [-0.4, -0.2) is 43.2 Å². The number of aliphatic hydroxyl groups excluding tert-OH is 1. The SMILES string of the molecule is COC(=O)C1CC(=O)C(O)CC1C(=O)OC. The summed E-state index contributed by atoms with van der Waals surface area (Å²) in [6.07, 6.45) is -1.48. The zero-order valence-electron chi connectivity index (χ0n) is 9.13. The lowest BCUT2D eigenvalue weighted by Crippen LogP contribution is -2.43. The summed E-state index contributed by atoms with van der Waals surface area (Å²) >= 11 is 0. The lowest BCUT2D eigenvalue weighted by atomic mass is 9.77. The number of aliphatic hydroxyl groups is 1. The van der Waals surface area contributed by atoms with Gasteiger partial charge in [0.2, 0.25) is 0 Å². The van der Waals surface area contributed by atoms with E-state index in [4.69, 9.17) is 0 Å². The summed E-state index contributed by atoms with van der Waals surface area (Å²) < 4.78 is 9.05. The maximum Gasteiger partial charge on any atom is 0.309 e. The third-order valence-corrected chi connectivity index (χ3v) is 2.76. The standard InChI is InChI=1S/C10H14O6/c1-15-9(13)5-3-7(11)8(12)4-6(5)10(14)16-2/h5-7,11H,3-4H2,1-2H3. The van der Waals surface area contributed by atoms with E-state index in [1.54, 1.807) is 0 Å². The largest absolute Gasteiger partial charge is 0.469 e. The first-order valence-corrected chi connectivity index (χ1v) is 4.87. The van der Waals surface area contributed by atoms with Crippen LogP contribution in [0.2, 0.25) is 0 Å². The molecule has 0 aromatic heterocycles. The molecular weight excluding hydrogens is 216 g/mol. The van der Waals surface area contributed by atoms with Crippen molar-refractivity contribution < 1.29 is 29.0 Å². The van der Waals surface area contributed by atoms with Crippen molar-refractivity contribution in [1.29, 1.82) is 0 Å². The number of methoxy groups -OCH3 is 2. The Morgan fingerprint density at radius 1 is 1.19 bits per heavy atom. The van der Waals surface area contributed by atoms with E-state index in [1.165, 1.54) is 14.2 Å². The monoisotopic (exact) mass is 230 g/mol. The van der Waals surface area contributed by atoms with Crippen LogP contribution in [0.4, 0.5) is 0 Å². The van der Waals surface area contributed by atoms with E-state index < -0.39 is 35.7 Å². The molecule has 1 aliphatic carbocycles. The molecule has 1 rings (SSSR count). The third-order valence-electron chi connectivity index (χ3n) is 2.76. The molecule has 0 radical (unpaired) electrons. The molecule has 0 aliphatic heterocycles. The summed E-state index contributed by atoms with van der Waals surface area (Å²) in [7, 11) is 2.38. The number of rotatable bonds is 2. The zero-order valence-corrected chi connectivity index (χ0v) is 9.13. The van der Waals surface area contributed by atoms with Gasteiger partial charge >= 0.3 is 11.9 Å². The Balaban J connectivity index is 2.87. The maximum absolute atomic E-state index is 11.4. The first-order chi connectivity index (χ1) is 7.51. The minimum Gasteiger partial charge on any atom is -0.469 e. The molecule has 1 saturated carbocycles. The Kier molecular flexibility index (Phi) is 4.00. The van der Waals surface area contributed by atoms with Gasteiger partial charge in [-0.05, 0) is 6.42 Å². The molecule has 1 N–H and O–H groups in total. The minimum atomic E-state index is -1.20. The smallest absolute Gasteiger partial charge is 0.309 e. The molecule has 90 valence electrons. The van der Waals surface area contributed by atoms with Gasteiger partial charge in [0.05, 0.1) is 26.1 Å². The second kappa shape index (κ2) is 5.07. The Morgan fingerprint density at radius 2 is 1.69 bits per heavy atom. The van der Waals surface area contributed by atoms with E-state index in [-0.39, 0.29) is 12.8 Å². The second-order valence-corrected chi connectivity index (χ2v) is 3.68. The molecule has 0 spiro atoms. The van der Waals surface area contributed by atoms with Gasteiger partial charge in [-0.1, -0.05) is 0 Å². The van der Waals surface area contributed by atoms with E-state index in [0.717, 1.165) is 0 Å². The summed E-state index contributed by atoms with van der Waals surface area (Å²) in [5, 5.41) is 9.36. The molecule has 0 aromatic carbocycles. The van der Waals surface area contributed by atoms with Crippen molar-refractivity contribution >= 4 is 17.7 Å². The Morgan fingerprint density at radius 3 is 2.19 bits per heavy atom. The van der Waals surface area contributed by atoms with E-state index in [2.05, 4.69) is 9.47 Å². The zero-order chi connectivity index (χ0) is 12.3. The van der Waals surface area contributed by atoms with Crippen LogP contribution in [0.15, 0.2) is 0 Å². The first kappa shape index (κ1) is 12.6. The molecule has 0 saturated heterocycles. The molecule has 6 nitrogen and oxygen atoms in total. The van der Waals surface area contributed by atoms with Gasteiger partial charge in [-0.25, -0.2) is 0 Å². The highest BCUT2D eigenvalue weighted by Crippen LogP contribution is 2.30. The first-order valence-electron chi connectivity index (χ1n) is 4.87. The van der Waals surface area contributed by atoms with Crippen molar-refractivity contribution in [2.45, 2.75) is 18.9 Å². The molecule has 16 heavy (non-hydrogen) atoms. The topological polar surface area (TPSA) is 89.9 Å². The van der Waals surface area contributed by atoms with Crippen LogP contribution in [0.1, 0.15) is 12.8 Å². The predicted octanol–water partition coefficient (Wildman–Crippen LogP) is -0.711. The summed E-state index contributed by atoms with van der Waals surface area (Å²) in [4.78, 5) is 34.1. The predicted molar refractivity (Wildman–Crippen MR) is 51.3 cm³/mol. The van der Waals surface area contributed by atoms with Crippen LogP contribution in [0.25, 0.3) is 0 Å². The fraction of sp³-hybridized carbons (Fsp3) is 0.700. The summed E-state index contributed by atoms with van der Waals surface area (Å²) in [6.45, 7) is 0. The average molecular weight is 230 g/mol. The van der Waals surface area contributed by atoms with Crippen LogP contribution in [0.5, 0.6) is 0 Å². The maximum atomic E-state index is 11.4. The van der Waals surface area contributed by atoms with E-state index in [0.29, 0.717) is 0 Å². The van der Waals surface area contributed by atoms with Gasteiger partial charge in [-0.2, -0.15) is 0 Å². The van der Waals surface area contributed by atoms with Crippen LogP contribution in [0, 0.1) is 11.8 Å². The summed E-state index contributed by atoms with van der Waals surface area (Å²) in [5.74, 6) is -3.35. The molecule has 0 aromatic rings. The van der Waals surface area contributed by atoms with Gasteiger partial charge in [0, 0.05) is 6.42 Å². The Hall–Kier alpha value is -1.43. The molecule has 0 heterocycles. The highest BCUT2D eigenvalue weighted by molar-refractivity contribution is 5.92. The molecule has 0 bridgehead atoms. The quantitative estimate of drug-likeness (QED) is 0.630. The number of Topliss-reactive ketones (excluding diaryl/α,β-unsaturated/α-hetero) is 1. The van der Waals surface area contributed by atoms with Gasteiger partial charge in [-0.15, -0.1) is 0 Å². The van der Waals surface area contributed by atoms with Crippen molar-refractivity contribution in [1.82, 2.24) is 0 Å². The number of carbonyl (C=O) groups is 3. The lowest BCUT2D eigenvalue weighted by molar-refractivity contribution is -0.164. The number of hydrogen-bond donors (Lipinski definition) is 1. The molecule has 1 fully saturated rings. The summed E-state index contributed by atoms with van der Waals surface area (Å²) in [6, 6.07) is 0. The average Bonchev–Trinajstić information content (AvgIpc) is 2.30. The number of ether oxygens (including phenoxy) is 2. The molecule has 3 unspecified atom stereocenters. The number of ketones is 1. The Bertz CT molecular complexity index is 310. The molecule has 6 heteroatoms. The van der Waals surface area contributed by atoms with Gasteiger partial charge < -0.3 is 14.6 Å². The number of hydrogen-bond acceptors (Lipinski definition) is 6.